The number of thiazole rings is 1. The summed E-state index contributed by atoms with van der Waals surface area (Å²) in [5, 5.41) is 1.18. The van der Waals surface area contributed by atoms with E-state index in [0.29, 0.717) is 6.54 Å². The third-order valence-corrected chi connectivity index (χ3v) is 6.63. The number of carbonyl (C=O) groups excluding carboxylic acids is 1. The topological polar surface area (TPSA) is 41.4 Å². The highest BCUT2D eigenvalue weighted by atomic mass is 32.1. The van der Waals surface area contributed by atoms with E-state index in [0.717, 1.165) is 55.2 Å². The van der Waals surface area contributed by atoms with Crippen molar-refractivity contribution in [2.45, 2.75) is 20.4 Å². The number of rotatable bonds is 5. The van der Waals surface area contributed by atoms with Crippen molar-refractivity contribution in [3.05, 3.63) is 52.3 Å². The SMILES string of the molecule is Cc1cc(C(=O)CN2CCN(Cc3nc4ccccc4s3)CC2)c(C)n1C. The first-order chi connectivity index (χ1) is 13.0. The van der Waals surface area contributed by atoms with Crippen LogP contribution in [0.2, 0.25) is 0 Å². The molecule has 6 heteroatoms. The third kappa shape index (κ3) is 3.83. The van der Waals surface area contributed by atoms with Crippen LogP contribution < -0.4 is 0 Å². The minimum absolute atomic E-state index is 0.232. The van der Waals surface area contributed by atoms with Crippen molar-refractivity contribution in [1.29, 1.82) is 0 Å². The number of benzene rings is 1. The van der Waals surface area contributed by atoms with E-state index in [2.05, 4.69) is 32.6 Å². The lowest BCUT2D eigenvalue weighted by Gasteiger charge is -2.33. The van der Waals surface area contributed by atoms with Gasteiger partial charge >= 0.3 is 0 Å². The molecule has 3 heterocycles. The average molecular weight is 383 g/mol. The van der Waals surface area contributed by atoms with Gasteiger partial charge in [0.15, 0.2) is 5.78 Å². The van der Waals surface area contributed by atoms with Gasteiger partial charge in [-0.1, -0.05) is 12.1 Å². The number of ketones is 1. The first-order valence-electron chi connectivity index (χ1n) is 9.46. The minimum Gasteiger partial charge on any atom is -0.351 e. The van der Waals surface area contributed by atoms with Gasteiger partial charge in [0.1, 0.15) is 5.01 Å². The standard InChI is InChI=1S/C21H26N4OS/c1-15-12-17(16(2)23(15)3)19(26)13-24-8-10-25(11-9-24)14-21-22-18-6-4-5-7-20(18)27-21/h4-7,12H,8-11,13-14H2,1-3H3. The monoisotopic (exact) mass is 382 g/mol. The smallest absolute Gasteiger partial charge is 0.178 e. The van der Waals surface area contributed by atoms with Gasteiger partial charge < -0.3 is 4.57 Å². The molecule has 1 aromatic carbocycles. The van der Waals surface area contributed by atoms with Crippen LogP contribution in [0.3, 0.4) is 0 Å². The van der Waals surface area contributed by atoms with Crippen molar-refractivity contribution < 1.29 is 4.79 Å². The first-order valence-corrected chi connectivity index (χ1v) is 10.3. The molecule has 0 aliphatic carbocycles. The number of fused-ring (bicyclic) bond motifs is 1. The molecule has 4 rings (SSSR count). The number of piperazine rings is 1. The fraction of sp³-hybridized carbons (Fsp3) is 0.429. The van der Waals surface area contributed by atoms with Gasteiger partial charge in [-0.2, -0.15) is 0 Å². The lowest BCUT2D eigenvalue weighted by Crippen LogP contribution is -2.47. The Bertz CT molecular complexity index is 933. The second kappa shape index (κ2) is 7.54. The average Bonchev–Trinajstić information content (AvgIpc) is 3.19. The zero-order valence-corrected chi connectivity index (χ0v) is 17.1. The number of hydrogen-bond acceptors (Lipinski definition) is 5. The van der Waals surface area contributed by atoms with Crippen molar-refractivity contribution >= 4 is 27.3 Å². The Morgan fingerprint density at radius 2 is 1.81 bits per heavy atom. The normalized spacial score (nSPS) is 16.3. The summed E-state index contributed by atoms with van der Waals surface area (Å²) in [4.78, 5) is 22.2. The number of aryl methyl sites for hydroxylation is 1. The van der Waals surface area contributed by atoms with E-state index < -0.39 is 0 Å². The molecule has 5 nitrogen and oxygen atoms in total. The van der Waals surface area contributed by atoms with Gasteiger partial charge in [0.05, 0.1) is 23.3 Å². The van der Waals surface area contributed by atoms with E-state index in [1.807, 2.05) is 33.0 Å². The predicted octanol–water partition coefficient (Wildman–Crippen LogP) is 3.25. The Morgan fingerprint density at radius 1 is 1.11 bits per heavy atom. The summed E-state index contributed by atoms with van der Waals surface area (Å²) in [6.45, 7) is 9.31. The van der Waals surface area contributed by atoms with Crippen LogP contribution in [0.15, 0.2) is 30.3 Å². The van der Waals surface area contributed by atoms with Crippen LogP contribution in [0.4, 0.5) is 0 Å². The van der Waals surface area contributed by atoms with Crippen LogP contribution in [-0.2, 0) is 13.6 Å². The number of aromatic nitrogens is 2. The summed E-state index contributed by atoms with van der Waals surface area (Å²) >= 11 is 1.78. The first kappa shape index (κ1) is 18.3. The molecule has 1 aliphatic heterocycles. The van der Waals surface area contributed by atoms with Crippen molar-refractivity contribution in [3.63, 3.8) is 0 Å². The van der Waals surface area contributed by atoms with Gasteiger partial charge in [-0.15, -0.1) is 11.3 Å². The van der Waals surface area contributed by atoms with Crippen molar-refractivity contribution in [2.75, 3.05) is 32.7 Å². The molecular formula is C21H26N4OS. The van der Waals surface area contributed by atoms with Gasteiger partial charge in [0, 0.05) is 50.2 Å². The molecule has 3 aromatic rings. The van der Waals surface area contributed by atoms with E-state index in [-0.39, 0.29) is 5.78 Å². The van der Waals surface area contributed by atoms with E-state index in [4.69, 9.17) is 4.98 Å². The van der Waals surface area contributed by atoms with E-state index in [9.17, 15) is 4.79 Å². The molecule has 1 saturated heterocycles. The van der Waals surface area contributed by atoms with Crippen LogP contribution >= 0.6 is 11.3 Å². The molecule has 0 amide bonds. The van der Waals surface area contributed by atoms with Crippen LogP contribution in [0.1, 0.15) is 26.8 Å². The van der Waals surface area contributed by atoms with Crippen molar-refractivity contribution in [2.24, 2.45) is 7.05 Å². The Hall–Kier alpha value is -2.02. The van der Waals surface area contributed by atoms with E-state index in [1.165, 1.54) is 9.71 Å². The van der Waals surface area contributed by atoms with Gasteiger partial charge in [0.2, 0.25) is 0 Å². The fourth-order valence-electron chi connectivity index (χ4n) is 3.71. The molecule has 0 spiro atoms. The lowest BCUT2D eigenvalue weighted by atomic mass is 10.1. The summed E-state index contributed by atoms with van der Waals surface area (Å²) in [6.07, 6.45) is 0. The predicted molar refractivity (Wildman–Crippen MR) is 111 cm³/mol. The zero-order chi connectivity index (χ0) is 19.0. The molecule has 142 valence electrons. The summed E-state index contributed by atoms with van der Waals surface area (Å²) in [5.74, 6) is 0.232. The molecule has 0 atom stereocenters. The molecular weight excluding hydrogens is 356 g/mol. The Balaban J connectivity index is 1.32. The molecule has 0 saturated carbocycles. The highest BCUT2D eigenvalue weighted by Gasteiger charge is 2.22. The number of para-hydroxylation sites is 1. The maximum atomic E-state index is 12.7. The fourth-order valence-corrected chi connectivity index (χ4v) is 4.72. The maximum Gasteiger partial charge on any atom is 0.178 e. The Labute approximate surface area is 164 Å². The van der Waals surface area contributed by atoms with Crippen molar-refractivity contribution in [3.8, 4) is 0 Å². The molecule has 0 radical (unpaired) electrons. The van der Waals surface area contributed by atoms with Gasteiger partial charge in [-0.25, -0.2) is 4.98 Å². The zero-order valence-electron chi connectivity index (χ0n) is 16.2. The third-order valence-electron chi connectivity index (χ3n) is 5.60. The van der Waals surface area contributed by atoms with Gasteiger partial charge in [-0.3, -0.25) is 14.6 Å². The molecule has 2 aromatic heterocycles. The van der Waals surface area contributed by atoms with Gasteiger partial charge in [-0.05, 0) is 32.0 Å². The van der Waals surface area contributed by atoms with Crippen molar-refractivity contribution in [1.82, 2.24) is 19.4 Å². The minimum atomic E-state index is 0.232. The highest BCUT2D eigenvalue weighted by molar-refractivity contribution is 7.18. The molecule has 0 N–H and O–H groups in total. The van der Waals surface area contributed by atoms with Gasteiger partial charge in [0.25, 0.3) is 0 Å². The molecule has 0 bridgehead atoms. The summed E-state index contributed by atoms with van der Waals surface area (Å²) in [6, 6.07) is 10.3. The number of Topliss-reactive ketones (excluding diaryl/α,β-unsaturated/α-hetero) is 1. The summed E-state index contributed by atoms with van der Waals surface area (Å²) < 4.78 is 3.34. The number of hydrogen-bond donors (Lipinski definition) is 0. The number of carbonyl (C=O) groups is 1. The molecule has 0 unspecified atom stereocenters. The number of nitrogens with zero attached hydrogens (tertiary/aromatic N) is 4. The second-order valence-electron chi connectivity index (χ2n) is 7.39. The van der Waals surface area contributed by atoms with Crippen LogP contribution in [0.5, 0.6) is 0 Å². The lowest BCUT2D eigenvalue weighted by molar-refractivity contribution is 0.0843. The molecule has 27 heavy (non-hydrogen) atoms. The summed E-state index contributed by atoms with van der Waals surface area (Å²) in [7, 11) is 2.02. The molecule has 1 aliphatic rings. The largest absolute Gasteiger partial charge is 0.351 e. The summed E-state index contributed by atoms with van der Waals surface area (Å²) in [5.41, 5.74) is 4.16. The Morgan fingerprint density at radius 3 is 2.48 bits per heavy atom. The van der Waals surface area contributed by atoms with Crippen LogP contribution in [0, 0.1) is 13.8 Å². The quantitative estimate of drug-likeness (QED) is 0.635. The highest BCUT2D eigenvalue weighted by Crippen LogP contribution is 2.23. The van der Waals surface area contributed by atoms with Crippen LogP contribution in [-0.4, -0.2) is 57.9 Å². The van der Waals surface area contributed by atoms with Crippen LogP contribution in [0.25, 0.3) is 10.2 Å². The second-order valence-corrected chi connectivity index (χ2v) is 8.51. The Kier molecular flexibility index (Phi) is 5.12. The van der Waals surface area contributed by atoms with E-state index >= 15 is 0 Å². The molecule has 1 fully saturated rings. The van der Waals surface area contributed by atoms with E-state index in [1.54, 1.807) is 11.3 Å². The maximum absolute atomic E-state index is 12.7.